The minimum absolute atomic E-state index is 0.133. The lowest BCUT2D eigenvalue weighted by Gasteiger charge is -2.18. The maximum atomic E-state index is 12.2. The Morgan fingerprint density at radius 1 is 1.41 bits per heavy atom. The molecular weight excluding hydrogens is 349 g/mol. The molecule has 0 bridgehead atoms. The van der Waals surface area contributed by atoms with E-state index in [4.69, 9.17) is 9.26 Å². The van der Waals surface area contributed by atoms with Gasteiger partial charge in [0, 0.05) is 27.3 Å². The van der Waals surface area contributed by atoms with Crippen molar-refractivity contribution in [3.8, 4) is 0 Å². The summed E-state index contributed by atoms with van der Waals surface area (Å²) in [6.45, 7) is 1.70. The van der Waals surface area contributed by atoms with Gasteiger partial charge in [0.2, 0.25) is 0 Å². The summed E-state index contributed by atoms with van der Waals surface area (Å²) in [5.41, 5.74) is -0.670. The normalized spacial score (nSPS) is 29.3. The largest absolute Gasteiger partial charge is 0.387 e. The van der Waals surface area contributed by atoms with Crippen molar-refractivity contribution in [2.24, 2.45) is 7.05 Å². The van der Waals surface area contributed by atoms with Gasteiger partial charge in [0.05, 0.1) is 6.61 Å². The highest BCUT2D eigenvalue weighted by Gasteiger charge is 2.44. The van der Waals surface area contributed by atoms with Crippen molar-refractivity contribution in [2.45, 2.75) is 31.5 Å². The second-order valence-corrected chi connectivity index (χ2v) is 9.83. The lowest BCUT2D eigenvalue weighted by Crippen LogP contribution is -2.43. The fourth-order valence-electron chi connectivity index (χ4n) is 2.29. The van der Waals surface area contributed by atoms with Gasteiger partial charge >= 0.3 is 5.69 Å². The molecule has 1 saturated heterocycles. The Balaban J connectivity index is 2.27. The van der Waals surface area contributed by atoms with Crippen molar-refractivity contribution in [1.29, 1.82) is 0 Å². The fraction of sp³-hybridized carbons (Fsp3) is 0.636. The van der Waals surface area contributed by atoms with E-state index in [1.165, 1.54) is 13.2 Å². The molecule has 11 heteroatoms. The van der Waals surface area contributed by atoms with Gasteiger partial charge in [0.25, 0.3) is 5.56 Å². The van der Waals surface area contributed by atoms with E-state index in [9.17, 15) is 19.8 Å². The van der Waals surface area contributed by atoms with Gasteiger partial charge in [0.1, 0.15) is 18.3 Å². The van der Waals surface area contributed by atoms with Crippen LogP contribution in [0.1, 0.15) is 11.8 Å². The average molecular weight is 368 g/mol. The summed E-state index contributed by atoms with van der Waals surface area (Å²) < 4.78 is 13.0. The molecule has 0 amide bonds. The highest BCUT2D eigenvalue weighted by atomic mass is 32.4. The molecule has 2 N–H and O–H groups in total. The molecule has 2 heterocycles. The van der Waals surface area contributed by atoms with Gasteiger partial charge in [-0.25, -0.2) is 4.79 Å². The summed E-state index contributed by atoms with van der Waals surface area (Å²) >= 11 is 0. The van der Waals surface area contributed by atoms with Crippen molar-refractivity contribution in [1.82, 2.24) is 9.13 Å². The van der Waals surface area contributed by atoms with Gasteiger partial charge in [-0.2, -0.15) is 0 Å². The van der Waals surface area contributed by atoms with Crippen LogP contribution in [0.2, 0.25) is 0 Å². The van der Waals surface area contributed by atoms with Gasteiger partial charge in [-0.05, 0) is 6.92 Å². The third-order valence-electron chi connectivity index (χ3n) is 3.47. The molecule has 1 aliphatic rings. The second-order valence-electron chi connectivity index (χ2n) is 4.97. The number of aromatic nitrogens is 2. The Morgan fingerprint density at radius 2 is 2.09 bits per heavy atom. The zero-order valence-electron chi connectivity index (χ0n) is 12.1. The quantitative estimate of drug-likeness (QED) is 0.535. The minimum Gasteiger partial charge on any atom is -0.387 e. The molecule has 22 heavy (non-hydrogen) atoms. The Morgan fingerprint density at radius 3 is 2.73 bits per heavy atom. The second kappa shape index (κ2) is 7.59. The highest BCUT2D eigenvalue weighted by molar-refractivity contribution is 8.37. The Kier molecular flexibility index (Phi) is 6.26. The molecule has 0 aromatic carbocycles. The van der Waals surface area contributed by atoms with E-state index in [0.717, 1.165) is 9.13 Å². The van der Waals surface area contributed by atoms with E-state index in [0.29, 0.717) is 13.5 Å². The lowest BCUT2D eigenvalue weighted by molar-refractivity contribution is -0.0505. The van der Waals surface area contributed by atoms with E-state index in [1.807, 2.05) is 0 Å². The van der Waals surface area contributed by atoms with Crippen LogP contribution in [0.15, 0.2) is 15.8 Å². The van der Waals surface area contributed by atoms with E-state index >= 15 is 0 Å². The number of rotatable bonds is 5. The highest BCUT2D eigenvalue weighted by Crippen LogP contribution is 2.44. The van der Waals surface area contributed by atoms with E-state index < -0.39 is 35.8 Å². The van der Waals surface area contributed by atoms with Crippen molar-refractivity contribution in [3.05, 3.63) is 32.6 Å². The molecule has 7 atom stereocenters. The number of hydrogen-bond donors (Lipinski definition) is 2. The van der Waals surface area contributed by atoms with Crippen LogP contribution in [0.25, 0.3) is 0 Å². The van der Waals surface area contributed by atoms with Crippen LogP contribution in [0.3, 0.4) is 0 Å². The first-order chi connectivity index (χ1) is 10.4. The standard InChI is InChI=1S/C11H19N2O6P3/c1-5-3-13(11(17)12(2)9(5)16)10-8(15)7(14)6(19-10)4-18-21-22-20/h3,6-8,10,14-15,21-22H,4,20H2,1-2H3/t6-,7?,8+,10-/m1/s1. The Labute approximate surface area is 132 Å². The van der Waals surface area contributed by atoms with Crippen LogP contribution < -0.4 is 11.2 Å². The first kappa shape index (κ1) is 18.2. The maximum absolute atomic E-state index is 12.2. The van der Waals surface area contributed by atoms with Crippen molar-refractivity contribution >= 4 is 25.4 Å². The zero-order chi connectivity index (χ0) is 16.4. The Hall–Kier alpha value is -0.190. The Bertz CT molecular complexity index is 648. The summed E-state index contributed by atoms with van der Waals surface area (Å²) in [7, 11) is 4.74. The predicted octanol–water partition coefficient (Wildman–Crippen LogP) is -0.532. The molecule has 0 saturated carbocycles. The topological polar surface area (TPSA) is 103 Å². The first-order valence-corrected chi connectivity index (χ1v) is 11.2. The van der Waals surface area contributed by atoms with E-state index in [2.05, 4.69) is 8.93 Å². The monoisotopic (exact) mass is 368 g/mol. The number of hydrogen-bond acceptors (Lipinski definition) is 6. The summed E-state index contributed by atoms with van der Waals surface area (Å²) in [6, 6.07) is 0. The van der Waals surface area contributed by atoms with Crippen LogP contribution in [0.5, 0.6) is 0 Å². The summed E-state index contributed by atoms with van der Waals surface area (Å²) in [5, 5.41) is 20.2. The molecule has 2 rings (SSSR count). The molecule has 1 fully saturated rings. The lowest BCUT2D eigenvalue weighted by atomic mass is 10.1. The van der Waals surface area contributed by atoms with Crippen LogP contribution in [-0.4, -0.2) is 44.3 Å². The molecule has 1 aliphatic heterocycles. The molecule has 8 nitrogen and oxygen atoms in total. The van der Waals surface area contributed by atoms with Gasteiger partial charge in [-0.3, -0.25) is 13.9 Å². The number of ether oxygens (including phenoxy) is 1. The van der Waals surface area contributed by atoms with Crippen LogP contribution in [0.4, 0.5) is 0 Å². The number of aryl methyl sites for hydroxylation is 1. The molecular formula is C11H19N2O6P3. The summed E-state index contributed by atoms with van der Waals surface area (Å²) in [5.74, 6) is 0. The van der Waals surface area contributed by atoms with Crippen LogP contribution >= 0.6 is 25.4 Å². The molecule has 1 aromatic rings. The first-order valence-electron chi connectivity index (χ1n) is 6.51. The third kappa shape index (κ3) is 3.49. The zero-order valence-corrected chi connectivity index (χ0v) is 15.2. The number of aliphatic hydroxyl groups is 2. The van der Waals surface area contributed by atoms with Crippen molar-refractivity contribution in [3.63, 3.8) is 0 Å². The smallest absolute Gasteiger partial charge is 0.332 e. The minimum atomic E-state index is -1.27. The summed E-state index contributed by atoms with van der Waals surface area (Å²) in [6.07, 6.45) is -2.88. The molecule has 0 spiro atoms. The SMILES string of the molecule is Cc1cn([C@@H]2O[C@H](COPPP)C(O)[C@@H]2O)c(=O)n(C)c1=O. The predicted molar refractivity (Wildman–Crippen MR) is 88.9 cm³/mol. The van der Waals surface area contributed by atoms with Crippen molar-refractivity contribution < 1.29 is 19.5 Å². The van der Waals surface area contributed by atoms with Crippen molar-refractivity contribution in [2.75, 3.05) is 6.61 Å². The van der Waals surface area contributed by atoms with E-state index in [-0.39, 0.29) is 15.1 Å². The average Bonchev–Trinajstić information content (AvgIpc) is 2.77. The summed E-state index contributed by atoms with van der Waals surface area (Å²) in [4.78, 5) is 23.9. The molecule has 4 unspecified atom stereocenters. The number of nitrogens with zero attached hydrogens (tertiary/aromatic N) is 2. The molecule has 0 radical (unpaired) electrons. The van der Waals surface area contributed by atoms with Crippen LogP contribution in [-0.2, 0) is 16.3 Å². The van der Waals surface area contributed by atoms with Crippen LogP contribution in [0, 0.1) is 6.92 Å². The maximum Gasteiger partial charge on any atom is 0.332 e. The molecule has 0 aliphatic carbocycles. The van der Waals surface area contributed by atoms with Gasteiger partial charge < -0.3 is 19.5 Å². The third-order valence-corrected chi connectivity index (χ3v) is 5.75. The van der Waals surface area contributed by atoms with Gasteiger partial charge in [0.15, 0.2) is 6.23 Å². The molecule has 1 aromatic heterocycles. The fourth-order valence-corrected chi connectivity index (χ4v) is 3.87. The number of aliphatic hydroxyl groups excluding tert-OH is 2. The van der Waals surface area contributed by atoms with E-state index in [1.54, 1.807) is 6.92 Å². The van der Waals surface area contributed by atoms with Gasteiger partial charge in [-0.15, -0.1) is 8.93 Å². The van der Waals surface area contributed by atoms with Gasteiger partial charge in [-0.1, -0.05) is 7.96 Å². The molecule has 124 valence electrons.